The first-order valence-electron chi connectivity index (χ1n) is 8.78. The zero-order valence-electron chi connectivity index (χ0n) is 14.8. The van der Waals surface area contributed by atoms with Gasteiger partial charge in [0.05, 0.1) is 18.8 Å². The predicted octanol–water partition coefficient (Wildman–Crippen LogP) is 2.42. The Morgan fingerprint density at radius 3 is 3.12 bits per heavy atom. The number of methoxy groups -OCH3 is 1. The first-order valence-corrected chi connectivity index (χ1v) is 9.93. The summed E-state index contributed by atoms with van der Waals surface area (Å²) < 4.78 is 15.7. The average Bonchev–Trinajstić information content (AvgIpc) is 3.39. The summed E-state index contributed by atoms with van der Waals surface area (Å²) in [6.45, 7) is 3.50. The van der Waals surface area contributed by atoms with Gasteiger partial charge in [0.25, 0.3) is 0 Å². The number of fused-ring (bicyclic) bond motifs is 1. The number of hydrogen-bond acceptors (Lipinski definition) is 9. The van der Waals surface area contributed by atoms with Crippen molar-refractivity contribution in [3.63, 3.8) is 0 Å². The summed E-state index contributed by atoms with van der Waals surface area (Å²) >= 11 is 1.87. The molecule has 0 radical (unpaired) electrons. The summed E-state index contributed by atoms with van der Waals surface area (Å²) in [6, 6.07) is 1.87. The van der Waals surface area contributed by atoms with Crippen LogP contribution in [0.3, 0.4) is 0 Å². The molecule has 8 nitrogen and oxygen atoms in total. The summed E-state index contributed by atoms with van der Waals surface area (Å²) in [7, 11) is 1.63. The molecule has 4 heterocycles. The minimum Gasteiger partial charge on any atom is -0.381 e. The number of aromatic nitrogens is 3. The highest BCUT2D eigenvalue weighted by atomic mass is 32.2. The maximum Gasteiger partial charge on any atom is 0.225 e. The van der Waals surface area contributed by atoms with Gasteiger partial charge in [-0.25, -0.2) is 4.98 Å². The van der Waals surface area contributed by atoms with Crippen molar-refractivity contribution in [2.75, 3.05) is 37.5 Å². The van der Waals surface area contributed by atoms with Gasteiger partial charge >= 0.3 is 0 Å². The molecule has 0 saturated carbocycles. The van der Waals surface area contributed by atoms with Crippen LogP contribution < -0.4 is 10.6 Å². The number of nitrogens with one attached hydrogen (secondary N) is 2. The van der Waals surface area contributed by atoms with Gasteiger partial charge in [-0.1, -0.05) is 5.16 Å². The summed E-state index contributed by atoms with van der Waals surface area (Å²) in [4.78, 5) is 9.35. The maximum absolute atomic E-state index is 5.45. The van der Waals surface area contributed by atoms with E-state index in [0.29, 0.717) is 30.8 Å². The molecule has 0 aliphatic carbocycles. The highest BCUT2D eigenvalue weighted by molar-refractivity contribution is 7.98. The van der Waals surface area contributed by atoms with Crippen molar-refractivity contribution >= 4 is 23.5 Å². The van der Waals surface area contributed by atoms with Gasteiger partial charge in [0, 0.05) is 49.3 Å². The second-order valence-electron chi connectivity index (χ2n) is 6.50. The van der Waals surface area contributed by atoms with Crippen LogP contribution in [0.5, 0.6) is 0 Å². The molecular formula is C17H23N5O3S. The molecule has 2 N–H and O–H groups in total. The fourth-order valence-electron chi connectivity index (χ4n) is 3.08. The molecule has 2 aliphatic heterocycles. The minimum atomic E-state index is 0.415. The van der Waals surface area contributed by atoms with Gasteiger partial charge in [-0.05, 0) is 6.42 Å². The molecule has 26 heavy (non-hydrogen) atoms. The van der Waals surface area contributed by atoms with Crippen LogP contribution in [0.2, 0.25) is 0 Å². The lowest BCUT2D eigenvalue weighted by atomic mass is 10.1. The van der Waals surface area contributed by atoms with E-state index in [1.54, 1.807) is 7.11 Å². The topological polar surface area (TPSA) is 94.3 Å². The number of hydrogen-bond donors (Lipinski definition) is 2. The van der Waals surface area contributed by atoms with Crippen LogP contribution in [0.25, 0.3) is 0 Å². The van der Waals surface area contributed by atoms with Crippen molar-refractivity contribution in [2.24, 2.45) is 5.92 Å². The molecule has 2 aromatic heterocycles. The van der Waals surface area contributed by atoms with Gasteiger partial charge in [0.2, 0.25) is 5.95 Å². The Morgan fingerprint density at radius 2 is 2.27 bits per heavy atom. The highest BCUT2D eigenvalue weighted by Gasteiger charge is 2.22. The van der Waals surface area contributed by atoms with E-state index in [9.17, 15) is 0 Å². The Hall–Kier alpha value is -1.84. The van der Waals surface area contributed by atoms with E-state index >= 15 is 0 Å². The smallest absolute Gasteiger partial charge is 0.225 e. The Kier molecular flexibility index (Phi) is 5.57. The minimum absolute atomic E-state index is 0.415. The number of rotatable bonds is 8. The van der Waals surface area contributed by atoms with Crippen molar-refractivity contribution in [3.8, 4) is 0 Å². The van der Waals surface area contributed by atoms with Gasteiger partial charge < -0.3 is 24.6 Å². The number of nitrogens with zero attached hydrogens (tertiary/aromatic N) is 3. The van der Waals surface area contributed by atoms with Gasteiger partial charge in [0.1, 0.15) is 18.1 Å². The second-order valence-corrected chi connectivity index (χ2v) is 7.48. The van der Waals surface area contributed by atoms with Crippen LogP contribution in [0, 0.1) is 5.92 Å². The van der Waals surface area contributed by atoms with Crippen LogP contribution in [-0.4, -0.2) is 42.0 Å². The molecule has 0 bridgehead atoms. The quantitative estimate of drug-likeness (QED) is 0.719. The summed E-state index contributed by atoms with van der Waals surface area (Å²) in [5.41, 5.74) is 3.13. The van der Waals surface area contributed by atoms with Crippen LogP contribution in [0.4, 0.5) is 11.8 Å². The zero-order valence-corrected chi connectivity index (χ0v) is 15.6. The Balaban J connectivity index is 1.42. The fourth-order valence-corrected chi connectivity index (χ4v) is 4.12. The molecule has 1 unspecified atom stereocenters. The molecule has 4 rings (SSSR count). The lowest BCUT2D eigenvalue weighted by molar-refractivity contribution is 0.156. The van der Waals surface area contributed by atoms with Crippen LogP contribution >= 0.6 is 11.8 Å². The standard InChI is InChI=1S/C17H23N5O3S/c1-23-8-13-4-12(22-25-13)6-19-17-20-15-10-26-9-14(15)16(21-17)18-5-11-2-3-24-7-11/h4,11H,2-3,5-10H2,1H3,(H2,18,19,20,21). The maximum atomic E-state index is 5.45. The van der Waals surface area contributed by atoms with Crippen molar-refractivity contribution in [1.29, 1.82) is 0 Å². The van der Waals surface area contributed by atoms with Crippen LogP contribution in [-0.2, 0) is 34.1 Å². The van der Waals surface area contributed by atoms with Gasteiger partial charge in [-0.15, -0.1) is 0 Å². The van der Waals surface area contributed by atoms with Crippen LogP contribution in [0.1, 0.15) is 29.1 Å². The molecule has 0 amide bonds. The van der Waals surface area contributed by atoms with Crippen LogP contribution in [0.15, 0.2) is 10.6 Å². The third-order valence-corrected chi connectivity index (χ3v) is 5.45. The average molecular weight is 377 g/mol. The van der Waals surface area contributed by atoms with Gasteiger partial charge in [-0.3, -0.25) is 0 Å². The first-order chi connectivity index (χ1) is 12.8. The van der Waals surface area contributed by atoms with E-state index in [4.69, 9.17) is 19.0 Å². The molecule has 2 aromatic rings. The normalized spacial score (nSPS) is 18.9. The number of ether oxygens (including phenoxy) is 2. The number of thioether (sulfide) groups is 1. The molecule has 9 heteroatoms. The Bertz CT molecular complexity index is 748. The van der Waals surface area contributed by atoms with E-state index in [1.165, 1.54) is 5.56 Å². The largest absolute Gasteiger partial charge is 0.381 e. The van der Waals surface area contributed by atoms with E-state index in [0.717, 1.165) is 54.9 Å². The molecule has 0 aromatic carbocycles. The van der Waals surface area contributed by atoms with Crippen molar-refractivity contribution < 1.29 is 14.0 Å². The predicted molar refractivity (Wildman–Crippen MR) is 99.0 cm³/mol. The second kappa shape index (κ2) is 8.24. The Labute approximate surface area is 156 Å². The summed E-state index contributed by atoms with van der Waals surface area (Å²) in [5.74, 6) is 4.71. The lowest BCUT2D eigenvalue weighted by Crippen LogP contribution is -2.17. The number of anilines is 2. The molecule has 140 valence electrons. The monoisotopic (exact) mass is 377 g/mol. The SMILES string of the molecule is COCc1cc(CNc2nc3c(c(NCC4CCOC4)n2)CSC3)no1. The van der Waals surface area contributed by atoms with E-state index in [1.807, 2.05) is 17.8 Å². The van der Waals surface area contributed by atoms with Crippen molar-refractivity contribution in [2.45, 2.75) is 31.1 Å². The fraction of sp³-hybridized carbons (Fsp3) is 0.588. The zero-order chi connectivity index (χ0) is 17.8. The molecule has 2 aliphatic rings. The van der Waals surface area contributed by atoms with E-state index < -0.39 is 0 Å². The van der Waals surface area contributed by atoms with Gasteiger partial charge in [-0.2, -0.15) is 16.7 Å². The Morgan fingerprint density at radius 1 is 1.31 bits per heavy atom. The van der Waals surface area contributed by atoms with Crippen molar-refractivity contribution in [1.82, 2.24) is 15.1 Å². The van der Waals surface area contributed by atoms with E-state index in [2.05, 4.69) is 20.8 Å². The van der Waals surface area contributed by atoms with Crippen molar-refractivity contribution in [3.05, 3.63) is 28.8 Å². The summed E-state index contributed by atoms with van der Waals surface area (Å²) in [5, 5.41) is 10.8. The molecule has 1 fully saturated rings. The molecular weight excluding hydrogens is 354 g/mol. The summed E-state index contributed by atoms with van der Waals surface area (Å²) in [6.07, 6.45) is 1.11. The first kappa shape index (κ1) is 17.6. The molecule has 1 atom stereocenters. The molecule has 1 saturated heterocycles. The third-order valence-electron chi connectivity index (χ3n) is 4.48. The lowest BCUT2D eigenvalue weighted by Gasteiger charge is -2.14. The highest BCUT2D eigenvalue weighted by Crippen LogP contribution is 2.33. The van der Waals surface area contributed by atoms with E-state index in [-0.39, 0.29) is 0 Å². The third kappa shape index (κ3) is 4.11. The van der Waals surface area contributed by atoms with Gasteiger partial charge in [0.15, 0.2) is 5.76 Å². The molecule has 0 spiro atoms.